The summed E-state index contributed by atoms with van der Waals surface area (Å²) in [5.74, 6) is 0. The van der Waals surface area contributed by atoms with E-state index in [1.54, 1.807) is 0 Å². The molecular formula is C9H17NO2. The first-order valence-corrected chi connectivity index (χ1v) is 4.82. The summed E-state index contributed by atoms with van der Waals surface area (Å²) in [5, 5.41) is 23.4. The van der Waals surface area contributed by atoms with Gasteiger partial charge in [0.05, 0.1) is 5.60 Å². The van der Waals surface area contributed by atoms with Crippen molar-refractivity contribution in [3.05, 3.63) is 0 Å². The van der Waals surface area contributed by atoms with Gasteiger partial charge in [0.2, 0.25) is 0 Å². The standard InChI is InChI=1S/C9H17NO2/c11-8-3-1-2-4-9(8,12)7-10-6-5-8/h10-12H,1-7H2/t8-,9+/m1/s1. The van der Waals surface area contributed by atoms with Crippen LogP contribution >= 0.6 is 0 Å². The predicted octanol–water partition coefficient (Wildman–Crippen LogP) is 0.0159. The van der Waals surface area contributed by atoms with Crippen LogP contribution in [0.1, 0.15) is 32.1 Å². The molecule has 3 N–H and O–H groups in total. The largest absolute Gasteiger partial charge is 0.387 e. The van der Waals surface area contributed by atoms with Gasteiger partial charge in [-0.2, -0.15) is 0 Å². The fourth-order valence-electron chi connectivity index (χ4n) is 2.50. The zero-order valence-corrected chi connectivity index (χ0v) is 7.34. The highest BCUT2D eigenvalue weighted by Gasteiger charge is 2.51. The second-order valence-corrected chi connectivity index (χ2v) is 4.20. The van der Waals surface area contributed by atoms with Crippen molar-refractivity contribution >= 4 is 0 Å². The average molecular weight is 171 g/mol. The van der Waals surface area contributed by atoms with Crippen molar-refractivity contribution in [2.45, 2.75) is 43.3 Å². The number of β-amino-alcohol motifs (C(OH)–C–C–N with tert-alkyl or cyclic N) is 1. The van der Waals surface area contributed by atoms with E-state index in [9.17, 15) is 10.2 Å². The first-order chi connectivity index (χ1) is 5.66. The van der Waals surface area contributed by atoms with E-state index in [-0.39, 0.29) is 0 Å². The van der Waals surface area contributed by atoms with Gasteiger partial charge >= 0.3 is 0 Å². The molecule has 1 heterocycles. The van der Waals surface area contributed by atoms with Crippen LogP contribution in [0.2, 0.25) is 0 Å². The summed E-state index contributed by atoms with van der Waals surface area (Å²) < 4.78 is 0. The van der Waals surface area contributed by atoms with Gasteiger partial charge < -0.3 is 15.5 Å². The maximum Gasteiger partial charge on any atom is 0.106 e. The van der Waals surface area contributed by atoms with Gasteiger partial charge in [-0.25, -0.2) is 0 Å². The van der Waals surface area contributed by atoms with Crippen LogP contribution in [0.15, 0.2) is 0 Å². The molecule has 1 saturated carbocycles. The lowest BCUT2D eigenvalue weighted by Crippen LogP contribution is -2.65. The van der Waals surface area contributed by atoms with Crippen molar-refractivity contribution < 1.29 is 10.2 Å². The Morgan fingerprint density at radius 2 is 1.58 bits per heavy atom. The van der Waals surface area contributed by atoms with Gasteiger partial charge in [0, 0.05) is 6.54 Å². The third-order valence-electron chi connectivity index (χ3n) is 3.43. The minimum atomic E-state index is -0.844. The van der Waals surface area contributed by atoms with Crippen LogP contribution in [0.3, 0.4) is 0 Å². The van der Waals surface area contributed by atoms with E-state index in [1.807, 2.05) is 0 Å². The molecule has 0 aromatic rings. The number of aliphatic hydroxyl groups is 2. The van der Waals surface area contributed by atoms with Gasteiger partial charge in [0.15, 0.2) is 0 Å². The molecule has 2 aliphatic rings. The average Bonchev–Trinajstić information content (AvgIpc) is 2.05. The third kappa shape index (κ3) is 1.08. The number of hydrogen-bond donors (Lipinski definition) is 3. The molecule has 0 radical (unpaired) electrons. The zero-order chi connectivity index (χ0) is 8.66. The monoisotopic (exact) mass is 171 g/mol. The summed E-state index contributed by atoms with van der Waals surface area (Å²) >= 11 is 0. The van der Waals surface area contributed by atoms with Crippen LogP contribution in [0.25, 0.3) is 0 Å². The summed E-state index contributed by atoms with van der Waals surface area (Å²) in [6.07, 6.45) is 4.31. The SMILES string of the molecule is O[C@@]12CCCC[C@]1(O)CNCC2. The highest BCUT2D eigenvalue weighted by atomic mass is 16.4. The Hall–Kier alpha value is -0.120. The van der Waals surface area contributed by atoms with E-state index in [4.69, 9.17) is 0 Å². The molecule has 3 heteroatoms. The first kappa shape index (κ1) is 8.48. The Balaban J connectivity index is 2.20. The molecule has 70 valence electrons. The fraction of sp³-hybridized carbons (Fsp3) is 1.00. The number of hydrogen-bond acceptors (Lipinski definition) is 3. The minimum absolute atomic E-state index is 0.559. The van der Waals surface area contributed by atoms with E-state index < -0.39 is 11.2 Å². The van der Waals surface area contributed by atoms with Crippen molar-refractivity contribution in [2.75, 3.05) is 13.1 Å². The van der Waals surface area contributed by atoms with Crippen LogP contribution < -0.4 is 5.32 Å². The van der Waals surface area contributed by atoms with Crippen molar-refractivity contribution in [2.24, 2.45) is 0 Å². The normalized spacial score (nSPS) is 48.5. The van der Waals surface area contributed by atoms with Gasteiger partial charge in [-0.3, -0.25) is 0 Å². The number of piperidine rings is 1. The van der Waals surface area contributed by atoms with Gasteiger partial charge in [0.25, 0.3) is 0 Å². The van der Waals surface area contributed by atoms with Gasteiger partial charge in [-0.05, 0) is 25.8 Å². The van der Waals surface area contributed by atoms with Crippen LogP contribution in [-0.2, 0) is 0 Å². The molecule has 0 bridgehead atoms. The number of fused-ring (bicyclic) bond motifs is 1. The van der Waals surface area contributed by atoms with Gasteiger partial charge in [-0.15, -0.1) is 0 Å². The number of nitrogens with one attached hydrogen (secondary N) is 1. The van der Waals surface area contributed by atoms with Gasteiger partial charge in [-0.1, -0.05) is 12.8 Å². The van der Waals surface area contributed by atoms with E-state index >= 15 is 0 Å². The molecule has 0 amide bonds. The summed E-state index contributed by atoms with van der Waals surface area (Å²) in [5.41, 5.74) is -1.64. The summed E-state index contributed by atoms with van der Waals surface area (Å²) in [7, 11) is 0. The highest BCUT2D eigenvalue weighted by Crippen LogP contribution is 2.40. The highest BCUT2D eigenvalue weighted by molar-refractivity contribution is 5.06. The van der Waals surface area contributed by atoms with E-state index in [0.29, 0.717) is 13.0 Å². The lowest BCUT2D eigenvalue weighted by Gasteiger charge is -2.50. The quantitative estimate of drug-likeness (QED) is 0.481. The molecule has 0 aromatic heterocycles. The van der Waals surface area contributed by atoms with Crippen molar-refractivity contribution in [1.29, 1.82) is 0 Å². The smallest absolute Gasteiger partial charge is 0.106 e. The fourth-order valence-corrected chi connectivity index (χ4v) is 2.50. The zero-order valence-electron chi connectivity index (χ0n) is 7.34. The molecule has 12 heavy (non-hydrogen) atoms. The lowest BCUT2D eigenvalue weighted by atomic mass is 9.68. The topological polar surface area (TPSA) is 52.5 Å². The van der Waals surface area contributed by atoms with Crippen LogP contribution in [0.4, 0.5) is 0 Å². The van der Waals surface area contributed by atoms with Crippen LogP contribution in [0, 0.1) is 0 Å². The maximum absolute atomic E-state index is 10.2. The van der Waals surface area contributed by atoms with Crippen molar-refractivity contribution in [1.82, 2.24) is 5.32 Å². The first-order valence-electron chi connectivity index (χ1n) is 4.82. The molecule has 0 spiro atoms. The summed E-state index contributed by atoms with van der Waals surface area (Å²) in [4.78, 5) is 0. The molecule has 1 aliphatic carbocycles. The molecule has 3 nitrogen and oxygen atoms in total. The summed E-state index contributed by atoms with van der Waals surface area (Å²) in [6.45, 7) is 1.39. The molecule has 1 aliphatic heterocycles. The second-order valence-electron chi connectivity index (χ2n) is 4.20. The van der Waals surface area contributed by atoms with E-state index in [2.05, 4.69) is 5.32 Å². The Bertz CT molecular complexity index is 149. The molecule has 1 saturated heterocycles. The lowest BCUT2D eigenvalue weighted by molar-refractivity contribution is -0.187. The predicted molar refractivity (Wildman–Crippen MR) is 45.9 cm³/mol. The van der Waals surface area contributed by atoms with Crippen LogP contribution in [-0.4, -0.2) is 34.5 Å². The van der Waals surface area contributed by atoms with E-state index in [0.717, 1.165) is 32.2 Å². The number of rotatable bonds is 0. The van der Waals surface area contributed by atoms with Crippen molar-refractivity contribution in [3.63, 3.8) is 0 Å². The van der Waals surface area contributed by atoms with Crippen LogP contribution in [0.5, 0.6) is 0 Å². The Morgan fingerprint density at radius 1 is 0.917 bits per heavy atom. The molecule has 2 atom stereocenters. The Morgan fingerprint density at radius 3 is 2.25 bits per heavy atom. The van der Waals surface area contributed by atoms with Crippen molar-refractivity contribution in [3.8, 4) is 0 Å². The second kappa shape index (κ2) is 2.69. The molecule has 0 unspecified atom stereocenters. The summed E-state index contributed by atoms with van der Waals surface area (Å²) in [6, 6.07) is 0. The Labute approximate surface area is 72.8 Å². The third-order valence-corrected chi connectivity index (χ3v) is 3.43. The maximum atomic E-state index is 10.2. The van der Waals surface area contributed by atoms with E-state index in [1.165, 1.54) is 0 Å². The molecule has 2 rings (SSSR count). The minimum Gasteiger partial charge on any atom is -0.387 e. The molecular weight excluding hydrogens is 154 g/mol. The van der Waals surface area contributed by atoms with Gasteiger partial charge in [0.1, 0.15) is 5.60 Å². The molecule has 2 fully saturated rings. The molecule has 0 aromatic carbocycles. The Kier molecular flexibility index (Phi) is 1.90.